The number of hydrogen-bond acceptors (Lipinski definition) is 6. The van der Waals surface area contributed by atoms with Crippen molar-refractivity contribution in [2.24, 2.45) is 0 Å². The molecular weight excluding hydrogens is 575 g/mol. The van der Waals surface area contributed by atoms with Crippen LogP contribution >= 0.6 is 0 Å². The lowest BCUT2D eigenvalue weighted by Gasteiger charge is -2.33. The van der Waals surface area contributed by atoms with Crippen LogP contribution in [-0.2, 0) is 25.7 Å². The summed E-state index contributed by atoms with van der Waals surface area (Å²) in [7, 11) is 0. The van der Waals surface area contributed by atoms with Gasteiger partial charge in [0.25, 0.3) is 17.6 Å². The molecule has 2 heterocycles. The minimum atomic E-state index is -1.12. The molecule has 10 heteroatoms. The van der Waals surface area contributed by atoms with Crippen molar-refractivity contribution >= 4 is 40.6 Å². The molecule has 1 unspecified atom stereocenters. The number of halogens is 1. The van der Waals surface area contributed by atoms with Crippen LogP contribution in [0.4, 0.5) is 21.5 Å². The highest BCUT2D eigenvalue weighted by atomic mass is 19.1. The average molecular weight is 607 g/mol. The van der Waals surface area contributed by atoms with E-state index in [9.17, 15) is 23.6 Å². The standard InChI is InChI=1S/C35H31FN4O5/c36-26-12-10-24(11-13-26)22-40(31(41)23-39-30-9-5-4-8-29(30)33(42)35(39)44)32(25-6-2-1-3-7-25)34(43)37-27-14-16-28(17-15-27)38-18-20-45-21-19-38/h1-17,32H,18-23H2,(H,37,43). The maximum Gasteiger partial charge on any atom is 0.299 e. The van der Waals surface area contributed by atoms with Gasteiger partial charge in [-0.2, -0.15) is 0 Å². The van der Waals surface area contributed by atoms with Crippen molar-refractivity contribution in [2.75, 3.05) is 48.0 Å². The van der Waals surface area contributed by atoms with Gasteiger partial charge in [0.15, 0.2) is 0 Å². The first kappa shape index (κ1) is 29.7. The number of Topliss-reactive ketones (excluding diaryl/α,β-unsaturated/α-hetero) is 1. The lowest BCUT2D eigenvalue weighted by molar-refractivity contribution is -0.139. The summed E-state index contributed by atoms with van der Waals surface area (Å²) >= 11 is 0. The molecule has 4 aromatic carbocycles. The van der Waals surface area contributed by atoms with E-state index in [4.69, 9.17) is 4.74 Å². The first-order valence-corrected chi connectivity index (χ1v) is 14.7. The lowest BCUT2D eigenvalue weighted by Crippen LogP contribution is -2.46. The fraction of sp³-hybridized carbons (Fsp3) is 0.200. The van der Waals surface area contributed by atoms with Crippen molar-refractivity contribution < 1.29 is 28.3 Å². The number of morpholine rings is 1. The van der Waals surface area contributed by atoms with Gasteiger partial charge in [-0.3, -0.25) is 24.1 Å². The summed E-state index contributed by atoms with van der Waals surface area (Å²) in [5.41, 5.74) is 3.23. The van der Waals surface area contributed by atoms with Gasteiger partial charge in [-0.1, -0.05) is 54.6 Å². The Balaban J connectivity index is 1.32. The molecule has 2 aliphatic heterocycles. The molecule has 0 radical (unpaired) electrons. The van der Waals surface area contributed by atoms with E-state index in [1.165, 1.54) is 17.0 Å². The first-order valence-electron chi connectivity index (χ1n) is 14.7. The second-order valence-electron chi connectivity index (χ2n) is 10.8. The van der Waals surface area contributed by atoms with E-state index >= 15 is 0 Å². The molecule has 1 N–H and O–H groups in total. The topological polar surface area (TPSA) is 99.3 Å². The van der Waals surface area contributed by atoms with E-state index in [-0.39, 0.29) is 12.1 Å². The molecule has 1 atom stereocenters. The van der Waals surface area contributed by atoms with E-state index in [2.05, 4.69) is 10.2 Å². The molecule has 6 rings (SSSR count). The average Bonchev–Trinajstić information content (AvgIpc) is 3.31. The molecule has 0 aromatic heterocycles. The highest BCUT2D eigenvalue weighted by Crippen LogP contribution is 2.31. The van der Waals surface area contributed by atoms with Gasteiger partial charge in [0, 0.05) is 31.0 Å². The van der Waals surface area contributed by atoms with Gasteiger partial charge < -0.3 is 19.9 Å². The maximum atomic E-state index is 14.2. The highest BCUT2D eigenvalue weighted by molar-refractivity contribution is 6.52. The number of carbonyl (C=O) groups is 4. The van der Waals surface area contributed by atoms with Gasteiger partial charge >= 0.3 is 0 Å². The van der Waals surface area contributed by atoms with Crippen molar-refractivity contribution in [1.29, 1.82) is 0 Å². The maximum absolute atomic E-state index is 14.2. The number of amides is 3. The number of rotatable bonds is 9. The monoisotopic (exact) mass is 606 g/mol. The van der Waals surface area contributed by atoms with Crippen LogP contribution in [0.15, 0.2) is 103 Å². The fourth-order valence-corrected chi connectivity index (χ4v) is 5.64. The number of hydrogen-bond donors (Lipinski definition) is 1. The molecule has 4 aromatic rings. The Morgan fingerprint density at radius 1 is 0.844 bits per heavy atom. The summed E-state index contributed by atoms with van der Waals surface area (Å²) in [5.74, 6) is -2.98. The molecule has 228 valence electrons. The molecule has 0 bridgehead atoms. The number of benzene rings is 4. The largest absolute Gasteiger partial charge is 0.378 e. The lowest BCUT2D eigenvalue weighted by atomic mass is 10.0. The van der Waals surface area contributed by atoms with Gasteiger partial charge in [-0.05, 0) is 59.7 Å². The SMILES string of the molecule is O=C1C(=O)N(CC(=O)N(Cc2ccc(F)cc2)C(C(=O)Nc2ccc(N3CCOCC3)cc2)c2ccccc2)c2ccccc21. The first-order chi connectivity index (χ1) is 21.9. The smallest absolute Gasteiger partial charge is 0.299 e. The molecule has 2 aliphatic rings. The number of para-hydroxylation sites is 1. The number of ether oxygens (including phenoxy) is 1. The Morgan fingerprint density at radius 2 is 1.51 bits per heavy atom. The zero-order chi connectivity index (χ0) is 31.3. The minimum absolute atomic E-state index is 0.0559. The summed E-state index contributed by atoms with van der Waals surface area (Å²) < 4.78 is 19.2. The van der Waals surface area contributed by atoms with Crippen LogP contribution in [0, 0.1) is 5.82 Å². The number of nitrogens with zero attached hydrogens (tertiary/aromatic N) is 3. The zero-order valence-electron chi connectivity index (χ0n) is 24.4. The molecular formula is C35H31FN4O5. The fourth-order valence-electron chi connectivity index (χ4n) is 5.64. The third-order valence-corrected chi connectivity index (χ3v) is 7.95. The Hall–Kier alpha value is -5.35. The molecule has 0 saturated carbocycles. The van der Waals surface area contributed by atoms with Crippen molar-refractivity contribution in [3.05, 3.63) is 126 Å². The van der Waals surface area contributed by atoms with Gasteiger partial charge in [0.1, 0.15) is 18.4 Å². The molecule has 0 spiro atoms. The van der Waals surface area contributed by atoms with Crippen molar-refractivity contribution in [2.45, 2.75) is 12.6 Å². The van der Waals surface area contributed by atoms with E-state index in [1.54, 1.807) is 66.7 Å². The summed E-state index contributed by atoms with van der Waals surface area (Å²) in [6, 6.07) is 27.3. The number of fused-ring (bicyclic) bond motifs is 1. The minimum Gasteiger partial charge on any atom is -0.378 e. The van der Waals surface area contributed by atoms with Gasteiger partial charge in [-0.25, -0.2) is 4.39 Å². The second kappa shape index (κ2) is 13.1. The zero-order valence-corrected chi connectivity index (χ0v) is 24.4. The number of ketones is 1. The summed E-state index contributed by atoms with van der Waals surface area (Å²) in [6.45, 7) is 2.33. The molecule has 0 aliphatic carbocycles. The molecule has 45 heavy (non-hydrogen) atoms. The van der Waals surface area contributed by atoms with Crippen molar-refractivity contribution in [1.82, 2.24) is 4.90 Å². The van der Waals surface area contributed by atoms with E-state index in [0.717, 1.165) is 23.7 Å². The Kier molecular flexibility index (Phi) is 8.65. The molecule has 1 fully saturated rings. The Morgan fingerprint density at radius 3 is 2.22 bits per heavy atom. The predicted molar refractivity (Wildman–Crippen MR) is 167 cm³/mol. The Labute approximate surface area is 259 Å². The number of nitrogens with one attached hydrogen (secondary N) is 1. The third kappa shape index (κ3) is 6.46. The van der Waals surface area contributed by atoms with Crippen LogP contribution in [-0.4, -0.2) is 61.3 Å². The normalized spacial score (nSPS) is 15.0. The summed E-state index contributed by atoms with van der Waals surface area (Å²) in [6.07, 6.45) is 0. The quantitative estimate of drug-likeness (QED) is 0.280. The number of anilines is 3. The van der Waals surface area contributed by atoms with Crippen LogP contribution in [0.5, 0.6) is 0 Å². The van der Waals surface area contributed by atoms with Crippen molar-refractivity contribution in [3.8, 4) is 0 Å². The third-order valence-electron chi connectivity index (χ3n) is 7.95. The summed E-state index contributed by atoms with van der Waals surface area (Å²) in [4.78, 5) is 58.6. The van der Waals surface area contributed by atoms with E-state index in [0.29, 0.717) is 35.7 Å². The van der Waals surface area contributed by atoms with Gasteiger partial charge in [0.05, 0.1) is 24.5 Å². The van der Waals surface area contributed by atoms with Crippen LogP contribution in [0.1, 0.15) is 27.5 Å². The van der Waals surface area contributed by atoms with E-state index in [1.807, 2.05) is 24.3 Å². The Bertz CT molecular complexity index is 1710. The second-order valence-corrected chi connectivity index (χ2v) is 10.8. The van der Waals surface area contributed by atoms with Gasteiger partial charge in [0.2, 0.25) is 5.91 Å². The van der Waals surface area contributed by atoms with Crippen LogP contribution in [0.25, 0.3) is 0 Å². The highest BCUT2D eigenvalue weighted by Gasteiger charge is 2.39. The van der Waals surface area contributed by atoms with E-state index < -0.39 is 41.9 Å². The molecule has 3 amide bonds. The van der Waals surface area contributed by atoms with Crippen LogP contribution in [0.2, 0.25) is 0 Å². The van der Waals surface area contributed by atoms with Gasteiger partial charge in [-0.15, -0.1) is 0 Å². The van der Waals surface area contributed by atoms with Crippen molar-refractivity contribution in [3.63, 3.8) is 0 Å². The summed E-state index contributed by atoms with van der Waals surface area (Å²) in [5, 5.41) is 2.96. The molecule has 9 nitrogen and oxygen atoms in total. The number of carbonyl (C=O) groups excluding carboxylic acids is 4. The molecule has 1 saturated heterocycles. The van der Waals surface area contributed by atoms with Crippen LogP contribution < -0.4 is 15.1 Å². The predicted octanol–water partition coefficient (Wildman–Crippen LogP) is 4.60. The van der Waals surface area contributed by atoms with Crippen LogP contribution in [0.3, 0.4) is 0 Å².